The van der Waals surface area contributed by atoms with Gasteiger partial charge >= 0.3 is 0 Å². The van der Waals surface area contributed by atoms with E-state index in [-0.39, 0.29) is 0 Å². The van der Waals surface area contributed by atoms with Crippen LogP contribution in [0.1, 0.15) is 5.56 Å². The molecule has 0 aliphatic heterocycles. The monoisotopic (exact) mass is 316 g/mol. The minimum Gasteiger partial charge on any atom is -0.0695 e. The summed E-state index contributed by atoms with van der Waals surface area (Å²) >= 11 is 0. The van der Waals surface area contributed by atoms with Crippen LogP contribution in [0.25, 0.3) is 43.4 Å². The van der Waals surface area contributed by atoms with Crippen molar-refractivity contribution in [2.24, 2.45) is 0 Å². The molecule has 0 spiro atoms. The molecule has 0 bridgehead atoms. The summed E-state index contributed by atoms with van der Waals surface area (Å²) in [6.45, 7) is 2.20. The van der Waals surface area contributed by atoms with E-state index < -0.39 is 0 Å². The SMILES string of the molecule is Cc1c2ccc#cc2c(-c2cccc3ccccc23)c2ccccc12. The van der Waals surface area contributed by atoms with Gasteiger partial charge in [0, 0.05) is 10.9 Å². The predicted molar refractivity (Wildman–Crippen MR) is 107 cm³/mol. The summed E-state index contributed by atoms with van der Waals surface area (Å²) in [5.41, 5.74) is 3.82. The molecule has 0 saturated carbocycles. The van der Waals surface area contributed by atoms with Gasteiger partial charge in [-0.05, 0) is 57.1 Å². The lowest BCUT2D eigenvalue weighted by molar-refractivity contribution is 1.58. The van der Waals surface area contributed by atoms with Crippen molar-refractivity contribution in [3.63, 3.8) is 0 Å². The lowest BCUT2D eigenvalue weighted by atomic mass is 9.88. The lowest BCUT2D eigenvalue weighted by Gasteiger charge is -2.15. The first-order valence-electron chi connectivity index (χ1n) is 8.56. The van der Waals surface area contributed by atoms with Crippen molar-refractivity contribution < 1.29 is 0 Å². The average Bonchev–Trinajstić information content (AvgIpc) is 2.68. The third kappa shape index (κ3) is 2.03. The first-order chi connectivity index (χ1) is 12.3. The highest BCUT2D eigenvalue weighted by Crippen LogP contribution is 2.40. The minimum absolute atomic E-state index is 1.15. The number of aryl methyl sites for hydroxylation is 1. The Morgan fingerprint density at radius 3 is 2.24 bits per heavy atom. The molecule has 0 radical (unpaired) electrons. The Hall–Kier alpha value is -3.30. The number of fused-ring (bicyclic) bond motifs is 3. The van der Waals surface area contributed by atoms with E-state index in [1.54, 1.807) is 0 Å². The fourth-order valence-electron chi connectivity index (χ4n) is 3.93. The second-order valence-corrected chi connectivity index (χ2v) is 6.46. The molecular formula is C25H16. The predicted octanol–water partition coefficient (Wildman–Crippen LogP) is 6.72. The quantitative estimate of drug-likeness (QED) is 0.322. The van der Waals surface area contributed by atoms with E-state index in [0.717, 1.165) is 5.39 Å². The van der Waals surface area contributed by atoms with E-state index in [2.05, 4.69) is 91.9 Å². The highest BCUT2D eigenvalue weighted by molar-refractivity contribution is 6.17. The van der Waals surface area contributed by atoms with E-state index >= 15 is 0 Å². The molecule has 0 amide bonds. The van der Waals surface area contributed by atoms with Gasteiger partial charge in [0.25, 0.3) is 0 Å². The van der Waals surface area contributed by atoms with E-state index in [1.165, 1.54) is 43.6 Å². The van der Waals surface area contributed by atoms with Crippen LogP contribution < -0.4 is 0 Å². The first-order valence-corrected chi connectivity index (χ1v) is 8.56. The minimum atomic E-state index is 1.15. The van der Waals surface area contributed by atoms with Crippen LogP contribution in [0.4, 0.5) is 0 Å². The third-order valence-corrected chi connectivity index (χ3v) is 5.11. The Labute approximate surface area is 147 Å². The third-order valence-electron chi connectivity index (χ3n) is 5.11. The second kappa shape index (κ2) is 5.36. The smallest absolute Gasteiger partial charge is 0.0409 e. The molecule has 5 aromatic rings. The van der Waals surface area contributed by atoms with E-state index in [1.807, 2.05) is 6.07 Å². The molecule has 5 aromatic carbocycles. The van der Waals surface area contributed by atoms with Crippen molar-refractivity contribution in [3.8, 4) is 11.1 Å². The van der Waals surface area contributed by atoms with Gasteiger partial charge in [0.05, 0.1) is 0 Å². The fraction of sp³-hybridized carbons (Fsp3) is 0.0400. The van der Waals surface area contributed by atoms with Gasteiger partial charge in [-0.3, -0.25) is 0 Å². The van der Waals surface area contributed by atoms with Gasteiger partial charge in [0.1, 0.15) is 0 Å². The zero-order valence-electron chi connectivity index (χ0n) is 14.0. The molecule has 0 fully saturated rings. The molecule has 25 heavy (non-hydrogen) atoms. The summed E-state index contributed by atoms with van der Waals surface area (Å²) in [6.07, 6.45) is 0. The van der Waals surface area contributed by atoms with Gasteiger partial charge in [-0.25, -0.2) is 0 Å². The van der Waals surface area contributed by atoms with Gasteiger partial charge in [0.2, 0.25) is 0 Å². The molecule has 0 saturated heterocycles. The molecule has 0 nitrogen and oxygen atoms in total. The van der Waals surface area contributed by atoms with Crippen molar-refractivity contribution in [1.82, 2.24) is 0 Å². The summed E-state index contributed by atoms with van der Waals surface area (Å²) < 4.78 is 0. The molecule has 0 unspecified atom stereocenters. The number of rotatable bonds is 1. The molecule has 0 aliphatic carbocycles. The molecule has 0 atom stereocenters. The van der Waals surface area contributed by atoms with Crippen LogP contribution >= 0.6 is 0 Å². The molecule has 0 heterocycles. The van der Waals surface area contributed by atoms with Gasteiger partial charge in [-0.1, -0.05) is 78.9 Å². The Morgan fingerprint density at radius 2 is 1.36 bits per heavy atom. The van der Waals surface area contributed by atoms with Gasteiger partial charge in [-0.2, -0.15) is 0 Å². The highest BCUT2D eigenvalue weighted by Gasteiger charge is 2.14. The zero-order valence-corrected chi connectivity index (χ0v) is 14.0. The fourth-order valence-corrected chi connectivity index (χ4v) is 3.93. The van der Waals surface area contributed by atoms with Crippen molar-refractivity contribution in [1.29, 1.82) is 0 Å². The largest absolute Gasteiger partial charge is 0.0695 e. The molecule has 0 aliphatic rings. The van der Waals surface area contributed by atoms with Gasteiger partial charge < -0.3 is 0 Å². The van der Waals surface area contributed by atoms with Crippen molar-refractivity contribution in [2.75, 3.05) is 0 Å². The van der Waals surface area contributed by atoms with E-state index in [9.17, 15) is 0 Å². The molecule has 5 rings (SSSR count). The Bertz CT molecular complexity index is 1180. The van der Waals surface area contributed by atoms with Crippen LogP contribution in [0, 0.1) is 19.1 Å². The summed E-state index contributed by atoms with van der Waals surface area (Å²) in [7, 11) is 0. The maximum atomic E-state index is 3.39. The van der Waals surface area contributed by atoms with Gasteiger partial charge in [-0.15, -0.1) is 0 Å². The van der Waals surface area contributed by atoms with Crippen LogP contribution in [-0.2, 0) is 0 Å². The normalized spacial score (nSPS) is 11.1. The molecule has 0 N–H and O–H groups in total. The Balaban J connectivity index is 2.06. The molecule has 0 heteroatoms. The maximum Gasteiger partial charge on any atom is 0.0409 e. The summed E-state index contributed by atoms with van der Waals surface area (Å²) in [5.74, 6) is 0. The Kier molecular flexibility index (Phi) is 3.02. The van der Waals surface area contributed by atoms with Crippen LogP contribution in [0.5, 0.6) is 0 Å². The van der Waals surface area contributed by atoms with Crippen molar-refractivity contribution in [3.05, 3.63) is 96.6 Å². The number of benzene rings is 4. The topological polar surface area (TPSA) is 0 Å². The van der Waals surface area contributed by atoms with Crippen molar-refractivity contribution in [2.45, 2.75) is 6.92 Å². The van der Waals surface area contributed by atoms with Crippen LogP contribution in [0.2, 0.25) is 0 Å². The molecular weight excluding hydrogens is 300 g/mol. The lowest BCUT2D eigenvalue weighted by Crippen LogP contribution is -1.89. The molecule has 116 valence electrons. The summed E-state index contributed by atoms with van der Waals surface area (Å²) in [4.78, 5) is 0. The van der Waals surface area contributed by atoms with Crippen LogP contribution in [-0.4, -0.2) is 0 Å². The summed E-state index contributed by atoms with van der Waals surface area (Å²) in [6, 6.07) is 34.5. The standard InChI is InChI=1S/C25H16/c1-17-19-11-4-6-14-22(19)25(23-15-7-5-12-20(17)23)24-16-8-10-18-9-2-3-13-21(18)24/h2-6,8-14,16H,1H3. The average molecular weight is 316 g/mol. The zero-order chi connectivity index (χ0) is 16.8. The number of hydrogen-bond acceptors (Lipinski definition) is 0. The molecule has 0 aromatic heterocycles. The van der Waals surface area contributed by atoms with Gasteiger partial charge in [0.15, 0.2) is 0 Å². The number of hydrogen-bond donors (Lipinski definition) is 0. The van der Waals surface area contributed by atoms with E-state index in [4.69, 9.17) is 0 Å². The van der Waals surface area contributed by atoms with Crippen LogP contribution in [0.3, 0.4) is 0 Å². The van der Waals surface area contributed by atoms with E-state index in [0.29, 0.717) is 0 Å². The van der Waals surface area contributed by atoms with Crippen molar-refractivity contribution >= 4 is 32.3 Å². The summed E-state index contributed by atoms with van der Waals surface area (Å²) in [5, 5.41) is 7.52. The Morgan fingerprint density at radius 1 is 0.640 bits per heavy atom. The first kappa shape index (κ1) is 14.1. The maximum absolute atomic E-state index is 3.39. The van der Waals surface area contributed by atoms with Crippen LogP contribution in [0.15, 0.2) is 78.9 Å². The second-order valence-electron chi connectivity index (χ2n) is 6.46. The highest BCUT2D eigenvalue weighted by atomic mass is 14.2.